The molecule has 0 bridgehead atoms. The Labute approximate surface area is 123 Å². The largest absolute Gasteiger partial charge is 0.375 e. The number of aromatic nitrogens is 1. The lowest BCUT2D eigenvalue weighted by molar-refractivity contribution is 0.0775. The van der Waals surface area contributed by atoms with Crippen LogP contribution in [0.2, 0.25) is 0 Å². The van der Waals surface area contributed by atoms with Gasteiger partial charge in [-0.1, -0.05) is 17.8 Å². The highest BCUT2D eigenvalue weighted by molar-refractivity contribution is 7.17. The van der Waals surface area contributed by atoms with Crippen LogP contribution in [0.1, 0.15) is 41.0 Å². The highest BCUT2D eigenvalue weighted by Gasteiger charge is 2.32. The van der Waals surface area contributed by atoms with Gasteiger partial charge in [0, 0.05) is 19.1 Å². The predicted molar refractivity (Wildman–Crippen MR) is 81.0 cm³/mol. The van der Waals surface area contributed by atoms with E-state index in [-0.39, 0.29) is 5.91 Å². The Balaban J connectivity index is 1.64. The number of carbonyl (C=O) groups is 1. The second kappa shape index (κ2) is 5.69. The summed E-state index contributed by atoms with van der Waals surface area (Å²) in [6.45, 7) is 5.96. The number of amides is 1. The Morgan fingerprint density at radius 2 is 2.05 bits per heavy atom. The van der Waals surface area contributed by atoms with Gasteiger partial charge in [0.15, 0.2) is 5.13 Å². The van der Waals surface area contributed by atoms with E-state index in [0.717, 1.165) is 25.2 Å². The van der Waals surface area contributed by atoms with E-state index in [9.17, 15) is 4.79 Å². The van der Waals surface area contributed by atoms with E-state index >= 15 is 0 Å². The molecule has 20 heavy (non-hydrogen) atoms. The van der Waals surface area contributed by atoms with Crippen molar-refractivity contribution in [3.05, 3.63) is 10.6 Å². The zero-order valence-electron chi connectivity index (χ0n) is 12.0. The van der Waals surface area contributed by atoms with Gasteiger partial charge in [-0.2, -0.15) is 0 Å². The molecule has 1 aromatic heterocycles. The van der Waals surface area contributed by atoms with Crippen molar-refractivity contribution in [1.82, 2.24) is 14.8 Å². The maximum absolute atomic E-state index is 12.5. The molecule has 3 heterocycles. The molecular formula is C14H22N4OS. The molecule has 110 valence electrons. The van der Waals surface area contributed by atoms with Gasteiger partial charge in [-0.3, -0.25) is 9.69 Å². The van der Waals surface area contributed by atoms with Crippen LogP contribution in [0, 0.1) is 6.92 Å². The first kappa shape index (κ1) is 13.8. The fourth-order valence-electron chi connectivity index (χ4n) is 3.27. The van der Waals surface area contributed by atoms with E-state index in [0.29, 0.717) is 16.1 Å². The number of carbonyl (C=O) groups excluding carboxylic acids is 1. The van der Waals surface area contributed by atoms with Crippen LogP contribution in [0.5, 0.6) is 0 Å². The number of aryl methyl sites for hydroxylation is 1. The summed E-state index contributed by atoms with van der Waals surface area (Å²) in [5.74, 6) is 0.108. The van der Waals surface area contributed by atoms with Gasteiger partial charge < -0.3 is 10.6 Å². The Bertz CT molecular complexity index is 495. The van der Waals surface area contributed by atoms with Crippen LogP contribution in [-0.2, 0) is 0 Å². The maximum Gasteiger partial charge on any atom is 0.265 e. The monoisotopic (exact) mass is 294 g/mol. The van der Waals surface area contributed by atoms with E-state index < -0.39 is 0 Å². The lowest BCUT2D eigenvalue weighted by atomic mass is 10.1. The van der Waals surface area contributed by atoms with Gasteiger partial charge in [-0.15, -0.1) is 0 Å². The van der Waals surface area contributed by atoms with E-state index in [1.54, 1.807) is 0 Å². The summed E-state index contributed by atoms with van der Waals surface area (Å²) in [6.07, 6.45) is 5.05. The van der Waals surface area contributed by atoms with Gasteiger partial charge in [0.25, 0.3) is 5.91 Å². The zero-order valence-corrected chi connectivity index (χ0v) is 12.8. The molecule has 0 radical (unpaired) electrons. The fourth-order valence-corrected chi connectivity index (χ4v) is 4.07. The zero-order chi connectivity index (χ0) is 14.1. The molecule has 1 atom stereocenters. The van der Waals surface area contributed by atoms with Gasteiger partial charge in [0.2, 0.25) is 0 Å². The topological polar surface area (TPSA) is 62.5 Å². The molecule has 0 aromatic carbocycles. The fraction of sp³-hybridized carbons (Fsp3) is 0.714. The summed E-state index contributed by atoms with van der Waals surface area (Å²) >= 11 is 1.31. The summed E-state index contributed by atoms with van der Waals surface area (Å²) in [6, 6.07) is 0.546. The van der Waals surface area contributed by atoms with Crippen molar-refractivity contribution in [1.29, 1.82) is 0 Å². The number of likely N-dealkylation sites (tertiary alicyclic amines) is 2. The molecule has 1 amide bonds. The minimum Gasteiger partial charge on any atom is -0.375 e. The second-order valence-electron chi connectivity index (χ2n) is 5.76. The number of nitrogens with two attached hydrogens (primary N) is 1. The number of piperidine rings is 1. The van der Waals surface area contributed by atoms with Gasteiger partial charge in [0.05, 0.1) is 5.69 Å². The molecule has 2 N–H and O–H groups in total. The second-order valence-corrected chi connectivity index (χ2v) is 6.79. The molecule has 2 aliphatic rings. The molecule has 2 fully saturated rings. The van der Waals surface area contributed by atoms with Crippen molar-refractivity contribution in [2.75, 3.05) is 31.9 Å². The summed E-state index contributed by atoms with van der Waals surface area (Å²) < 4.78 is 0. The molecule has 2 aliphatic heterocycles. The Kier molecular flexibility index (Phi) is 3.94. The predicted octanol–water partition coefficient (Wildman–Crippen LogP) is 1.73. The van der Waals surface area contributed by atoms with E-state index in [1.165, 1.54) is 43.7 Å². The van der Waals surface area contributed by atoms with Gasteiger partial charge in [-0.25, -0.2) is 4.98 Å². The summed E-state index contributed by atoms with van der Waals surface area (Å²) in [7, 11) is 0. The Morgan fingerprint density at radius 3 is 2.70 bits per heavy atom. The molecule has 1 aromatic rings. The molecule has 2 saturated heterocycles. The number of anilines is 1. The first-order chi connectivity index (χ1) is 9.65. The highest BCUT2D eigenvalue weighted by atomic mass is 32.1. The summed E-state index contributed by atoms with van der Waals surface area (Å²) in [5.41, 5.74) is 6.45. The average molecular weight is 294 g/mol. The average Bonchev–Trinajstić information content (AvgIpc) is 3.06. The van der Waals surface area contributed by atoms with Crippen LogP contribution >= 0.6 is 11.3 Å². The molecule has 5 nitrogen and oxygen atoms in total. The molecule has 1 unspecified atom stereocenters. The van der Waals surface area contributed by atoms with E-state index in [4.69, 9.17) is 5.73 Å². The lowest BCUT2D eigenvalue weighted by Crippen LogP contribution is -2.41. The first-order valence-corrected chi connectivity index (χ1v) is 8.23. The molecule has 6 heteroatoms. The van der Waals surface area contributed by atoms with Gasteiger partial charge >= 0.3 is 0 Å². The quantitative estimate of drug-likeness (QED) is 0.902. The number of hydrogen-bond donors (Lipinski definition) is 1. The minimum absolute atomic E-state index is 0.108. The van der Waals surface area contributed by atoms with Crippen molar-refractivity contribution in [3.8, 4) is 0 Å². The van der Waals surface area contributed by atoms with Crippen molar-refractivity contribution >= 4 is 22.4 Å². The lowest BCUT2D eigenvalue weighted by Gasteiger charge is -2.32. The van der Waals surface area contributed by atoms with Crippen LogP contribution in [-0.4, -0.2) is 52.9 Å². The van der Waals surface area contributed by atoms with E-state index in [2.05, 4.69) is 9.88 Å². The van der Waals surface area contributed by atoms with E-state index in [1.807, 2.05) is 11.8 Å². The maximum atomic E-state index is 12.5. The van der Waals surface area contributed by atoms with Crippen LogP contribution in [0.25, 0.3) is 0 Å². The van der Waals surface area contributed by atoms with Crippen LogP contribution in [0.15, 0.2) is 0 Å². The normalized spacial score (nSPS) is 24.2. The van der Waals surface area contributed by atoms with Crippen LogP contribution < -0.4 is 5.73 Å². The molecule has 0 aliphatic carbocycles. The third-order valence-electron chi connectivity index (χ3n) is 4.37. The first-order valence-electron chi connectivity index (χ1n) is 7.41. The molecule has 0 saturated carbocycles. The van der Waals surface area contributed by atoms with Gasteiger partial charge in [0.1, 0.15) is 4.88 Å². The molecular weight excluding hydrogens is 272 g/mol. The Morgan fingerprint density at radius 1 is 1.30 bits per heavy atom. The number of nitrogens with zero attached hydrogens (tertiary/aromatic N) is 3. The number of hydrogen-bond acceptors (Lipinski definition) is 5. The third kappa shape index (κ3) is 2.67. The van der Waals surface area contributed by atoms with Crippen LogP contribution in [0.3, 0.4) is 0 Å². The summed E-state index contributed by atoms with van der Waals surface area (Å²) in [5, 5.41) is 0.484. The third-order valence-corrected chi connectivity index (χ3v) is 5.34. The summed E-state index contributed by atoms with van der Waals surface area (Å²) in [4.78, 5) is 21.9. The smallest absolute Gasteiger partial charge is 0.265 e. The SMILES string of the molecule is Cc1nc(N)sc1C(=O)N1CCC(N2CCCCC2)C1. The highest BCUT2D eigenvalue weighted by Crippen LogP contribution is 2.25. The number of nitrogen functional groups attached to an aromatic ring is 1. The van der Waals surface area contributed by atoms with Crippen molar-refractivity contribution in [3.63, 3.8) is 0 Å². The van der Waals surface area contributed by atoms with Crippen molar-refractivity contribution in [2.24, 2.45) is 0 Å². The number of rotatable bonds is 2. The van der Waals surface area contributed by atoms with Crippen molar-refractivity contribution in [2.45, 2.75) is 38.6 Å². The van der Waals surface area contributed by atoms with Crippen LogP contribution in [0.4, 0.5) is 5.13 Å². The van der Waals surface area contributed by atoms with Gasteiger partial charge in [-0.05, 0) is 39.3 Å². The standard InChI is InChI=1S/C14H22N4OS/c1-10-12(20-14(15)16-10)13(19)18-8-5-11(9-18)17-6-3-2-4-7-17/h11H,2-9H2,1H3,(H2,15,16). The Hall–Kier alpha value is -1.14. The minimum atomic E-state index is 0.108. The van der Waals surface area contributed by atoms with Crippen molar-refractivity contribution < 1.29 is 4.79 Å². The number of thiazole rings is 1. The molecule has 3 rings (SSSR count). The molecule has 0 spiro atoms.